The van der Waals surface area contributed by atoms with Crippen LogP contribution in [0.25, 0.3) is 11.1 Å². The highest BCUT2D eigenvalue weighted by atomic mass is 32.2. The first-order valence-corrected chi connectivity index (χ1v) is 19.4. The van der Waals surface area contributed by atoms with Crippen LogP contribution in [0.5, 0.6) is 0 Å². The summed E-state index contributed by atoms with van der Waals surface area (Å²) in [7, 11) is -0.469. The molecule has 3 atom stereocenters. The van der Waals surface area contributed by atoms with Gasteiger partial charge in [-0.15, -0.1) is 0 Å². The molecule has 5 rings (SSSR count). The second-order valence-electron chi connectivity index (χ2n) is 14.2. The molecule has 3 aromatic rings. The molecule has 0 saturated carbocycles. The van der Waals surface area contributed by atoms with Gasteiger partial charge in [0, 0.05) is 12.3 Å². The third kappa shape index (κ3) is 10.2. The zero-order chi connectivity index (χ0) is 38.1. The van der Waals surface area contributed by atoms with E-state index in [9.17, 15) is 29.2 Å². The molecular formula is C41H46N4O7S. The molecule has 1 fully saturated rings. The van der Waals surface area contributed by atoms with Crippen molar-refractivity contribution < 1.29 is 33.4 Å². The van der Waals surface area contributed by atoms with Gasteiger partial charge in [-0.3, -0.25) is 19.2 Å². The summed E-state index contributed by atoms with van der Waals surface area (Å²) in [5.41, 5.74) is 4.07. The zero-order valence-corrected chi connectivity index (χ0v) is 31.3. The number of hydrogen-bond acceptors (Lipinski definition) is 8. The summed E-state index contributed by atoms with van der Waals surface area (Å²) in [6.45, 7) is 6.46. The number of nitrogens with one attached hydrogen (secondary N) is 3. The molecule has 2 aliphatic rings. The van der Waals surface area contributed by atoms with Crippen molar-refractivity contribution in [2.24, 2.45) is 0 Å². The summed E-state index contributed by atoms with van der Waals surface area (Å²) >= 11 is 0. The summed E-state index contributed by atoms with van der Waals surface area (Å²) in [6.07, 6.45) is 0.580. The number of rotatable bonds is 13. The number of benzene rings is 3. The number of ketones is 1. The highest BCUT2D eigenvalue weighted by Crippen LogP contribution is 2.44. The van der Waals surface area contributed by atoms with Gasteiger partial charge in [-0.25, -0.2) is 4.79 Å². The molecule has 0 spiro atoms. The number of carbonyl (C=O) groups excluding carboxylic acids is 5. The summed E-state index contributed by atoms with van der Waals surface area (Å²) in [4.78, 5) is 67.2. The lowest BCUT2D eigenvalue weighted by Crippen LogP contribution is -2.56. The predicted molar refractivity (Wildman–Crippen MR) is 204 cm³/mol. The van der Waals surface area contributed by atoms with Crippen LogP contribution >= 0.6 is 10.5 Å². The van der Waals surface area contributed by atoms with Gasteiger partial charge >= 0.3 is 12.1 Å². The van der Waals surface area contributed by atoms with E-state index in [1.807, 2.05) is 78.9 Å². The molecule has 1 aliphatic heterocycles. The van der Waals surface area contributed by atoms with E-state index in [4.69, 9.17) is 9.47 Å². The summed E-state index contributed by atoms with van der Waals surface area (Å²) in [6, 6.07) is 23.3. The van der Waals surface area contributed by atoms with Crippen LogP contribution in [-0.4, -0.2) is 76.4 Å². The van der Waals surface area contributed by atoms with E-state index < -0.39 is 70.3 Å². The summed E-state index contributed by atoms with van der Waals surface area (Å²) < 4.78 is 11.1. The third-order valence-corrected chi connectivity index (χ3v) is 11.5. The van der Waals surface area contributed by atoms with Gasteiger partial charge in [0.1, 0.15) is 35.2 Å². The average molecular weight is 739 g/mol. The fourth-order valence-electron chi connectivity index (χ4n) is 6.56. The van der Waals surface area contributed by atoms with Crippen LogP contribution in [0.4, 0.5) is 4.79 Å². The quantitative estimate of drug-likeness (QED) is 0.160. The van der Waals surface area contributed by atoms with Crippen LogP contribution in [-0.2, 0) is 35.1 Å². The van der Waals surface area contributed by atoms with Gasteiger partial charge < -0.3 is 25.4 Å². The molecule has 11 nitrogen and oxygen atoms in total. The molecule has 1 aliphatic carbocycles. The second kappa shape index (κ2) is 17.5. The van der Waals surface area contributed by atoms with Crippen LogP contribution in [0.3, 0.4) is 0 Å². The van der Waals surface area contributed by atoms with Crippen molar-refractivity contribution in [2.45, 2.75) is 83.0 Å². The number of amides is 3. The Morgan fingerprint density at radius 1 is 0.811 bits per heavy atom. The van der Waals surface area contributed by atoms with Gasteiger partial charge in [0.15, 0.2) is 0 Å². The largest absolute Gasteiger partial charge is 0.460 e. The van der Waals surface area contributed by atoms with E-state index >= 15 is 0 Å². The molecule has 12 heteroatoms. The average Bonchev–Trinajstić information content (AvgIpc) is 3.77. The fourth-order valence-corrected chi connectivity index (χ4v) is 8.83. The Labute approximate surface area is 312 Å². The number of hydrogen-bond donors (Lipinski definition) is 3. The van der Waals surface area contributed by atoms with Gasteiger partial charge in [-0.1, -0.05) is 78.9 Å². The minimum absolute atomic E-state index is 0.0145. The number of nitriles is 1. The molecule has 3 N–H and O–H groups in total. The molecule has 1 heterocycles. The Hall–Kier alpha value is -5.28. The lowest BCUT2D eigenvalue weighted by atomic mass is 9.98. The predicted octanol–water partition coefficient (Wildman–Crippen LogP) is 5.19. The third-order valence-electron chi connectivity index (χ3n) is 9.06. The number of ether oxygens (including phenoxy) is 2. The highest BCUT2D eigenvalue weighted by molar-refractivity contribution is 8.17. The SMILES string of the molecule is C[C@H](NC(=O)[C@@H](CC(=O)OC(C)(C)C)NC(=O)OCC1c2ccccc2-c2ccccc21)C(=O)N[C@@H](Cc1ccccc1)C(=O)C(C#N)=S1CCCC1. The molecular weight excluding hydrogens is 693 g/mol. The van der Waals surface area contributed by atoms with Crippen molar-refractivity contribution in [2.75, 3.05) is 18.1 Å². The maximum atomic E-state index is 13.7. The Morgan fingerprint density at radius 3 is 1.98 bits per heavy atom. The maximum absolute atomic E-state index is 13.7. The van der Waals surface area contributed by atoms with Gasteiger partial charge in [-0.2, -0.15) is 15.7 Å². The first-order valence-electron chi connectivity index (χ1n) is 17.8. The van der Waals surface area contributed by atoms with Gasteiger partial charge in [0.2, 0.25) is 17.6 Å². The normalized spacial score (nSPS) is 15.5. The van der Waals surface area contributed by atoms with Crippen molar-refractivity contribution in [3.63, 3.8) is 0 Å². The molecule has 278 valence electrons. The van der Waals surface area contributed by atoms with E-state index in [2.05, 4.69) is 22.0 Å². The zero-order valence-electron chi connectivity index (χ0n) is 30.5. The fraction of sp³-hybridized carbons (Fsp3) is 0.390. The Morgan fingerprint density at radius 2 is 1.40 bits per heavy atom. The van der Waals surface area contributed by atoms with Gasteiger partial charge in [0.25, 0.3) is 0 Å². The molecule has 3 amide bonds. The van der Waals surface area contributed by atoms with E-state index in [0.717, 1.165) is 52.2 Å². The van der Waals surface area contributed by atoms with Gasteiger partial charge in [0.05, 0.1) is 12.5 Å². The standard InChI is InChI=1S/C41H46N4O7S/c1-26(38(48)44-33(22-27-14-6-5-7-15-27)37(47)35(24-42)53-20-12-13-21-53)43-39(49)34(23-36(46)52-41(2,3)4)45-40(50)51-25-32-30-18-10-8-16-28(30)29-17-9-11-19-31(29)32/h5-11,14-19,26,32-34H,12-13,20-23,25H2,1-4H3,(H,43,49)(H,44,48)(H,45,50)/t26-,33-,34+/m0/s1. The van der Waals surface area contributed by atoms with Crippen molar-refractivity contribution in [1.82, 2.24) is 16.0 Å². The van der Waals surface area contributed by atoms with E-state index in [1.54, 1.807) is 20.8 Å². The topological polar surface area (TPSA) is 164 Å². The number of carbonyl (C=O) groups is 5. The smallest absolute Gasteiger partial charge is 0.407 e. The summed E-state index contributed by atoms with van der Waals surface area (Å²) in [5, 5.41) is 17.8. The highest BCUT2D eigenvalue weighted by Gasteiger charge is 2.34. The Bertz CT molecular complexity index is 1880. The van der Waals surface area contributed by atoms with Crippen LogP contribution in [0.15, 0.2) is 78.9 Å². The first-order chi connectivity index (χ1) is 25.3. The molecule has 0 unspecified atom stereocenters. The Kier molecular flexibility index (Phi) is 12.9. The lowest BCUT2D eigenvalue weighted by Gasteiger charge is -2.25. The van der Waals surface area contributed by atoms with Gasteiger partial charge in [-0.05, 0) is 79.9 Å². The number of fused-ring (bicyclic) bond motifs is 3. The Balaban J connectivity index is 1.27. The van der Waals surface area contributed by atoms with Crippen molar-refractivity contribution >= 4 is 45.0 Å². The number of esters is 1. The van der Waals surface area contributed by atoms with Crippen molar-refractivity contribution in [1.29, 1.82) is 5.26 Å². The minimum Gasteiger partial charge on any atom is -0.460 e. The molecule has 1 saturated heterocycles. The molecule has 0 aromatic heterocycles. The molecule has 0 bridgehead atoms. The van der Waals surface area contributed by atoms with Crippen LogP contribution in [0.2, 0.25) is 0 Å². The van der Waals surface area contributed by atoms with Crippen molar-refractivity contribution in [3.05, 3.63) is 95.6 Å². The van der Waals surface area contributed by atoms with E-state index in [0.29, 0.717) is 0 Å². The molecule has 0 radical (unpaired) electrons. The monoisotopic (exact) mass is 738 g/mol. The second-order valence-corrected chi connectivity index (χ2v) is 16.4. The van der Waals surface area contributed by atoms with Crippen LogP contribution < -0.4 is 16.0 Å². The number of alkyl carbamates (subject to hydrolysis) is 1. The lowest BCUT2D eigenvalue weighted by molar-refractivity contribution is -0.156. The summed E-state index contributed by atoms with van der Waals surface area (Å²) in [5.74, 6) is -1.37. The van der Waals surface area contributed by atoms with Crippen LogP contribution in [0, 0.1) is 11.3 Å². The number of Topliss-reactive ketones (excluding diaryl/α,β-unsaturated/α-hetero) is 1. The molecule has 53 heavy (non-hydrogen) atoms. The van der Waals surface area contributed by atoms with E-state index in [-0.39, 0.29) is 23.8 Å². The number of nitrogens with zero attached hydrogens (tertiary/aromatic N) is 1. The maximum Gasteiger partial charge on any atom is 0.407 e. The van der Waals surface area contributed by atoms with Crippen molar-refractivity contribution in [3.8, 4) is 17.2 Å². The minimum atomic E-state index is -1.44. The molecule has 3 aromatic carbocycles. The van der Waals surface area contributed by atoms with E-state index in [1.165, 1.54) is 6.92 Å². The first kappa shape index (κ1) is 38.9. The van der Waals surface area contributed by atoms with Crippen LogP contribution in [0.1, 0.15) is 69.6 Å².